The fourth-order valence-electron chi connectivity index (χ4n) is 2.70. The van der Waals surface area contributed by atoms with Crippen LogP contribution in [0.3, 0.4) is 0 Å². The topological polar surface area (TPSA) is 70.5 Å². The highest BCUT2D eigenvalue weighted by molar-refractivity contribution is 7.09. The van der Waals surface area contributed by atoms with E-state index in [0.29, 0.717) is 25.8 Å². The lowest BCUT2D eigenvalue weighted by molar-refractivity contribution is -0.149. The molecule has 20 heavy (non-hydrogen) atoms. The third-order valence-electron chi connectivity index (χ3n) is 3.84. The highest BCUT2D eigenvalue weighted by Crippen LogP contribution is 2.24. The molecule has 0 aromatic carbocycles. The number of aliphatic carboxylic acids is 1. The van der Waals surface area contributed by atoms with E-state index in [2.05, 4.69) is 4.98 Å². The number of nitrogens with zero attached hydrogens (tertiary/aromatic N) is 2. The van der Waals surface area contributed by atoms with Crippen LogP contribution in [0.25, 0.3) is 0 Å². The van der Waals surface area contributed by atoms with Crippen molar-refractivity contribution in [3.05, 3.63) is 16.1 Å². The van der Waals surface area contributed by atoms with Gasteiger partial charge in [0, 0.05) is 36.5 Å². The van der Waals surface area contributed by atoms with Crippen molar-refractivity contribution in [1.29, 1.82) is 0 Å². The number of aryl methyl sites for hydroxylation is 2. The molecule has 0 spiro atoms. The summed E-state index contributed by atoms with van der Waals surface area (Å²) >= 11 is 1.57. The van der Waals surface area contributed by atoms with E-state index in [-0.39, 0.29) is 11.9 Å². The normalized spacial score (nSPS) is 22.8. The molecule has 2 atom stereocenters. The first-order chi connectivity index (χ1) is 9.49. The zero-order chi connectivity index (χ0) is 14.7. The number of hydrogen-bond acceptors (Lipinski definition) is 4. The van der Waals surface area contributed by atoms with Crippen LogP contribution in [-0.2, 0) is 16.0 Å². The fourth-order valence-corrected chi connectivity index (χ4v) is 3.48. The van der Waals surface area contributed by atoms with Crippen molar-refractivity contribution in [3.8, 4) is 0 Å². The summed E-state index contributed by atoms with van der Waals surface area (Å²) in [5, 5.41) is 12.1. The molecule has 0 bridgehead atoms. The summed E-state index contributed by atoms with van der Waals surface area (Å²) in [5.74, 6) is -1.20. The molecule has 1 N–H and O–H groups in total. The predicted molar refractivity (Wildman–Crippen MR) is 76.7 cm³/mol. The molecule has 0 radical (unpaired) electrons. The van der Waals surface area contributed by atoms with Gasteiger partial charge in [-0.3, -0.25) is 9.59 Å². The molecule has 0 unspecified atom stereocenters. The molecule has 1 fully saturated rings. The zero-order valence-corrected chi connectivity index (χ0v) is 12.7. The van der Waals surface area contributed by atoms with E-state index in [1.54, 1.807) is 16.2 Å². The molecule has 110 valence electrons. The van der Waals surface area contributed by atoms with Crippen molar-refractivity contribution in [2.24, 2.45) is 5.92 Å². The Labute approximate surface area is 122 Å². The summed E-state index contributed by atoms with van der Waals surface area (Å²) in [4.78, 5) is 29.5. The van der Waals surface area contributed by atoms with Crippen molar-refractivity contribution < 1.29 is 14.7 Å². The maximum atomic E-state index is 12.3. The second-order valence-corrected chi connectivity index (χ2v) is 6.24. The molecule has 1 aliphatic heterocycles. The van der Waals surface area contributed by atoms with E-state index in [4.69, 9.17) is 0 Å². The van der Waals surface area contributed by atoms with Gasteiger partial charge in [0.15, 0.2) is 0 Å². The second kappa shape index (κ2) is 6.35. The lowest BCUT2D eigenvalue weighted by Crippen LogP contribution is -2.49. The number of piperidine rings is 1. The van der Waals surface area contributed by atoms with Gasteiger partial charge in [0.25, 0.3) is 0 Å². The summed E-state index contributed by atoms with van der Waals surface area (Å²) in [7, 11) is 0. The Hall–Kier alpha value is -1.43. The maximum absolute atomic E-state index is 12.3. The van der Waals surface area contributed by atoms with Crippen LogP contribution in [0.4, 0.5) is 0 Å². The number of aromatic nitrogens is 1. The molecular weight excluding hydrogens is 276 g/mol. The van der Waals surface area contributed by atoms with Crippen LogP contribution in [0.15, 0.2) is 5.38 Å². The van der Waals surface area contributed by atoms with E-state index < -0.39 is 11.9 Å². The second-order valence-electron chi connectivity index (χ2n) is 5.30. The van der Waals surface area contributed by atoms with Gasteiger partial charge in [-0.05, 0) is 26.7 Å². The minimum Gasteiger partial charge on any atom is -0.481 e. The highest BCUT2D eigenvalue weighted by Gasteiger charge is 2.34. The molecule has 2 heterocycles. The van der Waals surface area contributed by atoms with E-state index >= 15 is 0 Å². The van der Waals surface area contributed by atoms with Crippen LogP contribution in [0.5, 0.6) is 0 Å². The van der Waals surface area contributed by atoms with Gasteiger partial charge < -0.3 is 10.0 Å². The van der Waals surface area contributed by atoms with E-state index in [0.717, 1.165) is 17.1 Å². The monoisotopic (exact) mass is 296 g/mol. The zero-order valence-electron chi connectivity index (χ0n) is 11.8. The van der Waals surface area contributed by atoms with Crippen molar-refractivity contribution in [1.82, 2.24) is 9.88 Å². The first kappa shape index (κ1) is 15.0. The van der Waals surface area contributed by atoms with Crippen molar-refractivity contribution in [2.45, 2.75) is 45.6 Å². The number of rotatable bonds is 4. The molecule has 0 aliphatic carbocycles. The number of hydrogen-bond donors (Lipinski definition) is 1. The standard InChI is InChI=1S/C14H20N2O3S/c1-9-8-20-12(15-9)5-6-13(17)16-7-3-4-11(10(16)2)14(18)19/h8,10-11H,3-7H2,1-2H3,(H,18,19)/t10-,11-/m1/s1. The minimum absolute atomic E-state index is 0.0382. The van der Waals surface area contributed by atoms with Crippen LogP contribution in [-0.4, -0.2) is 39.5 Å². The predicted octanol–water partition coefficient (Wildman–Crippen LogP) is 2.10. The summed E-state index contributed by atoms with van der Waals surface area (Å²) in [5.41, 5.74) is 0.981. The number of thiazole rings is 1. The third-order valence-corrected chi connectivity index (χ3v) is 4.87. The molecule has 6 heteroatoms. The Balaban J connectivity index is 1.92. The Morgan fingerprint density at radius 1 is 1.55 bits per heavy atom. The number of carbonyl (C=O) groups excluding carboxylic acids is 1. The first-order valence-corrected chi connectivity index (χ1v) is 7.80. The molecule has 0 saturated carbocycles. The lowest BCUT2D eigenvalue weighted by Gasteiger charge is -2.37. The minimum atomic E-state index is -0.800. The summed E-state index contributed by atoms with van der Waals surface area (Å²) in [6.45, 7) is 4.44. The van der Waals surface area contributed by atoms with Gasteiger partial charge in [0.05, 0.1) is 10.9 Å². The average molecular weight is 296 g/mol. The maximum Gasteiger partial charge on any atom is 0.308 e. The summed E-state index contributed by atoms with van der Waals surface area (Å²) in [6, 6.07) is -0.216. The number of amides is 1. The Morgan fingerprint density at radius 3 is 2.90 bits per heavy atom. The van der Waals surface area contributed by atoms with Gasteiger partial charge in [0.2, 0.25) is 5.91 Å². The van der Waals surface area contributed by atoms with Crippen molar-refractivity contribution in [2.75, 3.05) is 6.54 Å². The fraction of sp³-hybridized carbons (Fsp3) is 0.643. The molecule has 1 aromatic heterocycles. The van der Waals surface area contributed by atoms with Crippen molar-refractivity contribution in [3.63, 3.8) is 0 Å². The molecule has 1 aliphatic rings. The Bertz CT molecular complexity index is 500. The summed E-state index contributed by atoms with van der Waals surface area (Å²) < 4.78 is 0. The van der Waals surface area contributed by atoms with E-state index in [1.165, 1.54) is 0 Å². The van der Waals surface area contributed by atoms with Gasteiger partial charge in [0.1, 0.15) is 0 Å². The SMILES string of the molecule is Cc1csc(CCC(=O)N2CCC[C@@H](C(=O)O)[C@H]2C)n1. The number of likely N-dealkylation sites (tertiary alicyclic amines) is 1. The van der Waals surface area contributed by atoms with Crippen molar-refractivity contribution >= 4 is 23.2 Å². The van der Waals surface area contributed by atoms with E-state index in [9.17, 15) is 14.7 Å². The molecular formula is C14H20N2O3S. The Kier molecular flexibility index (Phi) is 4.75. The van der Waals surface area contributed by atoms with Crippen LogP contribution < -0.4 is 0 Å². The van der Waals surface area contributed by atoms with Crippen LogP contribution in [0.1, 0.15) is 36.9 Å². The van der Waals surface area contributed by atoms with Crippen LogP contribution in [0.2, 0.25) is 0 Å². The largest absolute Gasteiger partial charge is 0.481 e. The molecule has 5 nitrogen and oxygen atoms in total. The number of carbonyl (C=O) groups is 2. The van der Waals surface area contributed by atoms with Gasteiger partial charge >= 0.3 is 5.97 Å². The molecule has 1 aromatic rings. The average Bonchev–Trinajstić information content (AvgIpc) is 2.81. The number of carboxylic acids is 1. The molecule has 1 amide bonds. The third kappa shape index (κ3) is 3.36. The molecule has 1 saturated heterocycles. The van der Waals surface area contributed by atoms with Gasteiger partial charge in [-0.2, -0.15) is 0 Å². The van der Waals surface area contributed by atoms with Gasteiger partial charge in [-0.15, -0.1) is 11.3 Å². The number of carboxylic acid groups (broad SMARTS) is 1. The van der Waals surface area contributed by atoms with Crippen LogP contribution in [0, 0.1) is 12.8 Å². The van der Waals surface area contributed by atoms with Crippen LogP contribution >= 0.6 is 11.3 Å². The molecule has 2 rings (SSSR count). The van der Waals surface area contributed by atoms with Gasteiger partial charge in [-0.25, -0.2) is 4.98 Å². The highest BCUT2D eigenvalue weighted by atomic mass is 32.1. The lowest BCUT2D eigenvalue weighted by atomic mass is 9.90. The summed E-state index contributed by atoms with van der Waals surface area (Å²) in [6.07, 6.45) is 2.47. The quantitative estimate of drug-likeness (QED) is 0.923. The first-order valence-electron chi connectivity index (χ1n) is 6.92. The Morgan fingerprint density at radius 2 is 2.30 bits per heavy atom. The smallest absolute Gasteiger partial charge is 0.308 e. The van der Waals surface area contributed by atoms with Gasteiger partial charge in [-0.1, -0.05) is 0 Å². The van der Waals surface area contributed by atoms with E-state index in [1.807, 2.05) is 19.2 Å².